The number of rotatable bonds is 2. The highest BCUT2D eigenvalue weighted by atomic mass is 35.5. The molecule has 1 aromatic heterocycles. The van der Waals surface area contributed by atoms with Gasteiger partial charge in [0.05, 0.1) is 6.21 Å². The van der Waals surface area contributed by atoms with E-state index in [1.54, 1.807) is 25.5 Å². The molecule has 0 amide bonds. The summed E-state index contributed by atoms with van der Waals surface area (Å²) >= 11 is 5.57. The van der Waals surface area contributed by atoms with Crippen LogP contribution in [0.25, 0.3) is 0 Å². The molecule has 0 aliphatic heterocycles. The van der Waals surface area contributed by atoms with Crippen molar-refractivity contribution in [2.45, 2.75) is 0 Å². The smallest absolute Gasteiger partial charge is 0.129 e. The Labute approximate surface area is 70.1 Å². The highest BCUT2D eigenvalue weighted by Gasteiger charge is 1.87. The highest BCUT2D eigenvalue weighted by molar-refractivity contribution is 6.29. The van der Waals surface area contributed by atoms with E-state index < -0.39 is 0 Å². The molecule has 0 unspecified atom stereocenters. The maximum Gasteiger partial charge on any atom is 0.129 e. The summed E-state index contributed by atoms with van der Waals surface area (Å²) < 4.78 is 0. The molecule has 0 atom stereocenters. The monoisotopic (exact) mass is 169 g/mol. The van der Waals surface area contributed by atoms with E-state index in [1.807, 2.05) is 6.07 Å². The molecule has 0 aliphatic carbocycles. The number of hydrogen-bond acceptors (Lipinski definition) is 3. The molecule has 11 heavy (non-hydrogen) atoms. The van der Waals surface area contributed by atoms with Crippen molar-refractivity contribution >= 4 is 17.8 Å². The lowest BCUT2D eigenvalue weighted by atomic mass is 10.3. The molecule has 3 nitrogen and oxygen atoms in total. The minimum Gasteiger partial charge on any atom is -0.313 e. The van der Waals surface area contributed by atoms with Gasteiger partial charge in [0.25, 0.3) is 0 Å². The van der Waals surface area contributed by atoms with Crippen molar-refractivity contribution in [1.29, 1.82) is 0 Å². The zero-order valence-electron chi connectivity index (χ0n) is 6.08. The number of hydrogen-bond donors (Lipinski definition) is 1. The summed E-state index contributed by atoms with van der Waals surface area (Å²) in [5.41, 5.74) is 3.56. The Bertz CT molecular complexity index is 242. The normalized spacial score (nSPS) is 10.4. The molecule has 1 aromatic rings. The maximum absolute atomic E-state index is 5.57. The molecular weight excluding hydrogens is 162 g/mol. The van der Waals surface area contributed by atoms with Gasteiger partial charge in [0.2, 0.25) is 0 Å². The Kier molecular flexibility index (Phi) is 2.86. The van der Waals surface area contributed by atoms with Crippen molar-refractivity contribution in [1.82, 2.24) is 10.4 Å². The molecule has 0 radical (unpaired) electrons. The number of aromatic nitrogens is 1. The minimum absolute atomic E-state index is 0.492. The number of hydrazone groups is 1. The fraction of sp³-hybridized carbons (Fsp3) is 0.143. The number of halogens is 1. The van der Waals surface area contributed by atoms with E-state index >= 15 is 0 Å². The average Bonchev–Trinajstić information content (AvgIpc) is 2.04. The topological polar surface area (TPSA) is 37.3 Å². The SMILES string of the molecule is CN/N=C/c1ccc(Cl)nc1. The van der Waals surface area contributed by atoms with Crippen molar-refractivity contribution in [3.8, 4) is 0 Å². The first-order valence-corrected chi connectivity index (χ1v) is 3.52. The second-order valence-corrected chi connectivity index (χ2v) is 2.28. The first kappa shape index (κ1) is 8.01. The fourth-order valence-electron chi connectivity index (χ4n) is 0.603. The summed E-state index contributed by atoms with van der Waals surface area (Å²) in [6, 6.07) is 3.56. The van der Waals surface area contributed by atoms with Gasteiger partial charge < -0.3 is 5.43 Å². The van der Waals surface area contributed by atoms with Crippen LogP contribution in [0.3, 0.4) is 0 Å². The first-order valence-electron chi connectivity index (χ1n) is 3.14. The van der Waals surface area contributed by atoms with Gasteiger partial charge in [-0.05, 0) is 12.1 Å². The molecule has 1 heterocycles. The number of pyridine rings is 1. The third kappa shape index (κ3) is 2.55. The van der Waals surface area contributed by atoms with Gasteiger partial charge in [-0.15, -0.1) is 0 Å². The van der Waals surface area contributed by atoms with Gasteiger partial charge in [0.1, 0.15) is 5.15 Å². The largest absolute Gasteiger partial charge is 0.313 e. The van der Waals surface area contributed by atoms with Gasteiger partial charge in [0, 0.05) is 18.8 Å². The van der Waals surface area contributed by atoms with Crippen LogP contribution in [0.2, 0.25) is 5.15 Å². The summed E-state index contributed by atoms with van der Waals surface area (Å²) in [7, 11) is 1.74. The van der Waals surface area contributed by atoms with Crippen molar-refractivity contribution < 1.29 is 0 Å². The van der Waals surface area contributed by atoms with Gasteiger partial charge in [-0.2, -0.15) is 5.10 Å². The Balaban J connectivity index is 2.73. The molecule has 0 fully saturated rings. The quantitative estimate of drug-likeness (QED) is 0.412. The van der Waals surface area contributed by atoms with Crippen LogP contribution in [-0.2, 0) is 0 Å². The second-order valence-electron chi connectivity index (χ2n) is 1.90. The second kappa shape index (κ2) is 3.93. The minimum atomic E-state index is 0.492. The van der Waals surface area contributed by atoms with Gasteiger partial charge in [-0.25, -0.2) is 4.98 Å². The van der Waals surface area contributed by atoms with Crippen molar-refractivity contribution in [3.05, 3.63) is 29.0 Å². The summed E-state index contributed by atoms with van der Waals surface area (Å²) in [5.74, 6) is 0. The summed E-state index contributed by atoms with van der Waals surface area (Å²) in [4.78, 5) is 3.88. The molecule has 0 aromatic carbocycles. The first-order chi connectivity index (χ1) is 5.33. The van der Waals surface area contributed by atoms with E-state index in [2.05, 4.69) is 15.5 Å². The Morgan fingerprint density at radius 3 is 3.00 bits per heavy atom. The molecule has 1 N–H and O–H groups in total. The van der Waals surface area contributed by atoms with Crippen LogP contribution in [0.15, 0.2) is 23.4 Å². The van der Waals surface area contributed by atoms with E-state index in [9.17, 15) is 0 Å². The summed E-state index contributed by atoms with van der Waals surface area (Å²) in [6.45, 7) is 0. The lowest BCUT2D eigenvalue weighted by Crippen LogP contribution is -1.94. The molecule has 0 saturated heterocycles. The van der Waals surface area contributed by atoms with Crippen LogP contribution in [0, 0.1) is 0 Å². The lowest BCUT2D eigenvalue weighted by Gasteiger charge is -1.91. The Hall–Kier alpha value is -1.09. The van der Waals surface area contributed by atoms with Gasteiger partial charge in [0.15, 0.2) is 0 Å². The molecular formula is C7H8ClN3. The molecule has 0 spiro atoms. The van der Waals surface area contributed by atoms with E-state index in [1.165, 1.54) is 0 Å². The third-order valence-corrected chi connectivity index (χ3v) is 1.32. The van der Waals surface area contributed by atoms with E-state index in [-0.39, 0.29) is 0 Å². The predicted octanol–water partition coefficient (Wildman–Crippen LogP) is 1.29. The highest BCUT2D eigenvalue weighted by Crippen LogP contribution is 2.02. The molecule has 4 heteroatoms. The number of nitrogens with one attached hydrogen (secondary N) is 1. The van der Waals surface area contributed by atoms with E-state index in [0.29, 0.717) is 5.15 Å². The van der Waals surface area contributed by atoms with Crippen LogP contribution in [0.4, 0.5) is 0 Å². The van der Waals surface area contributed by atoms with Crippen LogP contribution in [0.1, 0.15) is 5.56 Å². The predicted molar refractivity (Wildman–Crippen MR) is 45.9 cm³/mol. The molecule has 0 aliphatic rings. The van der Waals surface area contributed by atoms with Gasteiger partial charge in [-0.1, -0.05) is 11.6 Å². The van der Waals surface area contributed by atoms with Crippen LogP contribution in [0.5, 0.6) is 0 Å². The molecule has 58 valence electrons. The summed E-state index contributed by atoms with van der Waals surface area (Å²) in [5, 5.41) is 4.31. The fourth-order valence-corrected chi connectivity index (χ4v) is 0.714. The average molecular weight is 170 g/mol. The van der Waals surface area contributed by atoms with Gasteiger partial charge in [-0.3, -0.25) is 0 Å². The molecule has 0 bridgehead atoms. The number of nitrogens with zero attached hydrogens (tertiary/aromatic N) is 2. The Morgan fingerprint density at radius 1 is 1.64 bits per heavy atom. The van der Waals surface area contributed by atoms with E-state index in [0.717, 1.165) is 5.56 Å². The van der Waals surface area contributed by atoms with Gasteiger partial charge >= 0.3 is 0 Å². The van der Waals surface area contributed by atoms with E-state index in [4.69, 9.17) is 11.6 Å². The molecule has 1 rings (SSSR count). The van der Waals surface area contributed by atoms with Crippen molar-refractivity contribution in [2.24, 2.45) is 5.10 Å². The Morgan fingerprint density at radius 2 is 2.45 bits per heavy atom. The van der Waals surface area contributed by atoms with Crippen LogP contribution >= 0.6 is 11.6 Å². The summed E-state index contributed by atoms with van der Waals surface area (Å²) in [6.07, 6.45) is 3.33. The third-order valence-electron chi connectivity index (χ3n) is 1.09. The van der Waals surface area contributed by atoms with Crippen LogP contribution < -0.4 is 5.43 Å². The van der Waals surface area contributed by atoms with Crippen molar-refractivity contribution in [3.63, 3.8) is 0 Å². The standard InChI is InChI=1S/C7H8ClN3/c1-9-11-5-6-2-3-7(8)10-4-6/h2-5,9H,1H3/b11-5+. The molecule has 0 saturated carbocycles. The zero-order valence-corrected chi connectivity index (χ0v) is 6.84. The van der Waals surface area contributed by atoms with Crippen LogP contribution in [-0.4, -0.2) is 18.2 Å². The van der Waals surface area contributed by atoms with Crippen molar-refractivity contribution in [2.75, 3.05) is 7.05 Å². The zero-order chi connectivity index (χ0) is 8.10. The lowest BCUT2D eigenvalue weighted by molar-refractivity contribution is 0.908. The maximum atomic E-state index is 5.57.